The van der Waals surface area contributed by atoms with Gasteiger partial charge < -0.3 is 19.3 Å². The number of phenolic OH excluding ortho intramolecular Hbond substituents is 1. The predicted molar refractivity (Wildman–Crippen MR) is 88.4 cm³/mol. The number of hydrogen-bond acceptors (Lipinski definition) is 7. The molecule has 25 heavy (non-hydrogen) atoms. The number of carbonyl (C=O) groups excluding carboxylic acids is 2. The van der Waals surface area contributed by atoms with Gasteiger partial charge in [0.25, 0.3) is 0 Å². The molecule has 0 saturated heterocycles. The average Bonchev–Trinajstić information content (AvgIpc) is 2.64. The van der Waals surface area contributed by atoms with E-state index in [-0.39, 0.29) is 36.9 Å². The number of pyridine rings is 1. The molecule has 7 heteroatoms. The third kappa shape index (κ3) is 4.94. The number of hydrogen-bond donors (Lipinski definition) is 1. The van der Waals surface area contributed by atoms with Crippen LogP contribution in [0.3, 0.4) is 0 Å². The van der Waals surface area contributed by atoms with Gasteiger partial charge in [-0.1, -0.05) is 12.1 Å². The molecule has 0 atom stereocenters. The number of methoxy groups -OCH3 is 2. The normalized spacial score (nSPS) is 10.2. The van der Waals surface area contributed by atoms with Crippen molar-refractivity contribution in [2.75, 3.05) is 14.2 Å². The summed E-state index contributed by atoms with van der Waals surface area (Å²) in [4.78, 5) is 27.0. The molecule has 2 rings (SSSR count). The number of nitrogens with zero attached hydrogens (tertiary/aromatic N) is 1. The number of aromatic nitrogens is 1. The van der Waals surface area contributed by atoms with Gasteiger partial charge in [0.05, 0.1) is 19.9 Å². The van der Waals surface area contributed by atoms with Gasteiger partial charge >= 0.3 is 11.9 Å². The molecular weight excluding hydrogens is 326 g/mol. The zero-order chi connectivity index (χ0) is 18.2. The van der Waals surface area contributed by atoms with Crippen LogP contribution in [-0.2, 0) is 27.3 Å². The van der Waals surface area contributed by atoms with Gasteiger partial charge in [0.1, 0.15) is 23.8 Å². The number of carbonyl (C=O) groups is 2. The number of ether oxygens (including phenoxy) is 3. The zero-order valence-electron chi connectivity index (χ0n) is 14.0. The molecule has 1 aromatic heterocycles. The minimum absolute atomic E-state index is 0.0395. The second-order valence-electron chi connectivity index (χ2n) is 5.12. The summed E-state index contributed by atoms with van der Waals surface area (Å²) in [6, 6.07) is 9.80. The van der Waals surface area contributed by atoms with E-state index in [2.05, 4.69) is 14.5 Å². The van der Waals surface area contributed by atoms with Crippen molar-refractivity contribution in [2.45, 2.75) is 19.4 Å². The molecule has 0 aliphatic heterocycles. The molecule has 0 spiro atoms. The lowest BCUT2D eigenvalue weighted by molar-refractivity contribution is -0.140. The van der Waals surface area contributed by atoms with E-state index in [0.717, 1.165) is 0 Å². The van der Waals surface area contributed by atoms with Gasteiger partial charge in [0.2, 0.25) is 0 Å². The predicted octanol–water partition coefficient (Wildman–Crippen LogP) is 2.26. The second kappa shape index (κ2) is 8.68. The maximum Gasteiger partial charge on any atom is 0.356 e. The molecule has 0 bridgehead atoms. The van der Waals surface area contributed by atoms with E-state index in [0.29, 0.717) is 17.0 Å². The SMILES string of the molecule is COC(=O)CCc1c(O)cccc1OCc1cccc(C(=O)OC)n1. The van der Waals surface area contributed by atoms with Crippen molar-refractivity contribution in [3.63, 3.8) is 0 Å². The van der Waals surface area contributed by atoms with Crippen molar-refractivity contribution in [3.8, 4) is 11.5 Å². The second-order valence-corrected chi connectivity index (χ2v) is 5.12. The van der Waals surface area contributed by atoms with Gasteiger partial charge in [-0.2, -0.15) is 0 Å². The lowest BCUT2D eigenvalue weighted by atomic mass is 10.1. The van der Waals surface area contributed by atoms with E-state index in [9.17, 15) is 14.7 Å². The molecule has 0 aliphatic rings. The molecule has 1 N–H and O–H groups in total. The number of phenols is 1. The topological polar surface area (TPSA) is 95.0 Å². The van der Waals surface area contributed by atoms with E-state index < -0.39 is 5.97 Å². The molecule has 0 fully saturated rings. The lowest BCUT2D eigenvalue weighted by Crippen LogP contribution is -2.08. The third-order valence-corrected chi connectivity index (χ3v) is 3.49. The molecule has 7 nitrogen and oxygen atoms in total. The molecular formula is C18H19NO6. The zero-order valence-corrected chi connectivity index (χ0v) is 14.0. The molecule has 2 aromatic rings. The quantitative estimate of drug-likeness (QED) is 0.769. The van der Waals surface area contributed by atoms with Crippen molar-refractivity contribution in [1.82, 2.24) is 4.98 Å². The van der Waals surface area contributed by atoms with Gasteiger partial charge in [0, 0.05) is 12.0 Å². The monoisotopic (exact) mass is 345 g/mol. The Balaban J connectivity index is 2.11. The van der Waals surface area contributed by atoms with Crippen LogP contribution in [-0.4, -0.2) is 36.2 Å². The van der Waals surface area contributed by atoms with Crippen LogP contribution in [0.4, 0.5) is 0 Å². The Kier molecular flexibility index (Phi) is 6.33. The highest BCUT2D eigenvalue weighted by Crippen LogP contribution is 2.29. The van der Waals surface area contributed by atoms with Gasteiger partial charge in [0.15, 0.2) is 0 Å². The highest BCUT2D eigenvalue weighted by molar-refractivity contribution is 5.87. The molecule has 0 unspecified atom stereocenters. The third-order valence-electron chi connectivity index (χ3n) is 3.49. The lowest BCUT2D eigenvalue weighted by Gasteiger charge is -2.12. The summed E-state index contributed by atoms with van der Waals surface area (Å²) >= 11 is 0. The van der Waals surface area contributed by atoms with E-state index in [1.165, 1.54) is 20.3 Å². The van der Waals surface area contributed by atoms with Crippen LogP contribution in [0.5, 0.6) is 11.5 Å². The van der Waals surface area contributed by atoms with Crippen molar-refractivity contribution in [1.29, 1.82) is 0 Å². The van der Waals surface area contributed by atoms with Gasteiger partial charge in [-0.25, -0.2) is 9.78 Å². The largest absolute Gasteiger partial charge is 0.508 e. The Morgan fingerprint density at radius 1 is 1.08 bits per heavy atom. The molecule has 1 aromatic carbocycles. The van der Waals surface area contributed by atoms with Crippen molar-refractivity contribution < 1.29 is 28.9 Å². The maximum absolute atomic E-state index is 11.5. The minimum atomic E-state index is -0.530. The van der Waals surface area contributed by atoms with E-state index in [1.807, 2.05) is 0 Å². The minimum Gasteiger partial charge on any atom is -0.508 e. The number of benzene rings is 1. The molecule has 0 amide bonds. The van der Waals surface area contributed by atoms with Crippen LogP contribution in [0.1, 0.15) is 28.2 Å². The highest BCUT2D eigenvalue weighted by Gasteiger charge is 2.13. The summed E-state index contributed by atoms with van der Waals surface area (Å²) in [7, 11) is 2.60. The summed E-state index contributed by atoms with van der Waals surface area (Å²) in [5, 5.41) is 10.0. The fourth-order valence-electron chi connectivity index (χ4n) is 2.20. The number of esters is 2. The molecule has 132 valence electrons. The highest BCUT2D eigenvalue weighted by atomic mass is 16.5. The number of rotatable bonds is 7. The van der Waals surface area contributed by atoms with Gasteiger partial charge in [-0.3, -0.25) is 4.79 Å². The summed E-state index contributed by atoms with van der Waals surface area (Å²) < 4.78 is 15.0. The van der Waals surface area contributed by atoms with E-state index >= 15 is 0 Å². The van der Waals surface area contributed by atoms with Crippen LogP contribution in [0, 0.1) is 0 Å². The Morgan fingerprint density at radius 3 is 2.56 bits per heavy atom. The molecule has 0 saturated carbocycles. The molecule has 1 heterocycles. The summed E-state index contributed by atoms with van der Waals surface area (Å²) in [6.45, 7) is 0.0967. The van der Waals surface area contributed by atoms with Crippen molar-refractivity contribution in [2.24, 2.45) is 0 Å². The summed E-state index contributed by atoms with van der Waals surface area (Å²) in [6.07, 6.45) is 0.408. The maximum atomic E-state index is 11.5. The number of aromatic hydroxyl groups is 1. The summed E-state index contributed by atoms with van der Waals surface area (Å²) in [5.41, 5.74) is 1.23. The average molecular weight is 345 g/mol. The van der Waals surface area contributed by atoms with Gasteiger partial charge in [-0.05, 0) is 30.7 Å². The van der Waals surface area contributed by atoms with Crippen LogP contribution >= 0.6 is 0 Å². The first kappa shape index (κ1) is 18.3. The van der Waals surface area contributed by atoms with Crippen LogP contribution in [0.2, 0.25) is 0 Å². The Labute approximate surface area is 145 Å². The van der Waals surface area contributed by atoms with E-state index in [4.69, 9.17) is 4.74 Å². The molecule has 0 aliphatic carbocycles. The summed E-state index contributed by atoms with van der Waals surface area (Å²) in [5.74, 6) is -0.425. The van der Waals surface area contributed by atoms with Crippen molar-refractivity contribution >= 4 is 11.9 Å². The Bertz CT molecular complexity index is 759. The smallest absolute Gasteiger partial charge is 0.356 e. The Hall–Kier alpha value is -3.09. The van der Waals surface area contributed by atoms with E-state index in [1.54, 1.807) is 30.3 Å². The van der Waals surface area contributed by atoms with Crippen LogP contribution in [0.15, 0.2) is 36.4 Å². The first-order valence-electron chi connectivity index (χ1n) is 7.60. The molecule has 0 radical (unpaired) electrons. The Morgan fingerprint density at radius 2 is 1.84 bits per heavy atom. The fourth-order valence-corrected chi connectivity index (χ4v) is 2.20. The first-order valence-corrected chi connectivity index (χ1v) is 7.60. The van der Waals surface area contributed by atoms with Crippen molar-refractivity contribution in [3.05, 3.63) is 53.3 Å². The fraction of sp³-hybridized carbons (Fsp3) is 0.278. The van der Waals surface area contributed by atoms with Crippen LogP contribution in [0.25, 0.3) is 0 Å². The van der Waals surface area contributed by atoms with Crippen LogP contribution < -0.4 is 4.74 Å². The van der Waals surface area contributed by atoms with Gasteiger partial charge in [-0.15, -0.1) is 0 Å². The first-order chi connectivity index (χ1) is 12.0. The standard InChI is InChI=1S/C18H19NO6/c1-23-17(21)10-9-13-15(20)7-4-8-16(13)25-11-12-5-3-6-14(19-12)18(22)24-2/h3-8,20H,9-11H2,1-2H3.